The van der Waals surface area contributed by atoms with Crippen molar-refractivity contribution in [2.45, 2.75) is 26.2 Å². The number of thiophene rings is 1. The van der Waals surface area contributed by atoms with Gasteiger partial charge in [-0.25, -0.2) is 9.97 Å². The van der Waals surface area contributed by atoms with Gasteiger partial charge in [0.1, 0.15) is 6.33 Å². The van der Waals surface area contributed by atoms with Crippen molar-refractivity contribution in [2.75, 3.05) is 0 Å². The zero-order chi connectivity index (χ0) is 20.0. The van der Waals surface area contributed by atoms with Crippen molar-refractivity contribution >= 4 is 32.3 Å². The fourth-order valence-electron chi connectivity index (χ4n) is 3.82. The molecule has 0 aliphatic carbocycles. The second-order valence-electron chi connectivity index (χ2n) is 8.28. The van der Waals surface area contributed by atoms with Crippen molar-refractivity contribution in [1.82, 2.24) is 15.0 Å². The standard InChI is InChI=1S/C25H21N3S/c1-25(2,3)20-13-17(12-16-6-4-5-7-18(16)20)22-14-23(28-15-27-22)19-8-10-26-21-9-11-29-24(19)21/h4-15H,1-3H3. The van der Waals surface area contributed by atoms with Gasteiger partial charge in [-0.2, -0.15) is 0 Å². The Labute approximate surface area is 174 Å². The van der Waals surface area contributed by atoms with Gasteiger partial charge in [0.2, 0.25) is 0 Å². The molecule has 4 heteroatoms. The third-order valence-electron chi connectivity index (χ3n) is 5.25. The number of aromatic nitrogens is 3. The highest BCUT2D eigenvalue weighted by atomic mass is 32.1. The molecule has 2 aromatic carbocycles. The summed E-state index contributed by atoms with van der Waals surface area (Å²) in [6.07, 6.45) is 3.51. The van der Waals surface area contributed by atoms with Crippen LogP contribution in [0.3, 0.4) is 0 Å². The zero-order valence-electron chi connectivity index (χ0n) is 16.7. The van der Waals surface area contributed by atoms with E-state index >= 15 is 0 Å². The number of pyridine rings is 1. The summed E-state index contributed by atoms with van der Waals surface area (Å²) in [5.74, 6) is 0. The van der Waals surface area contributed by atoms with Gasteiger partial charge in [0.15, 0.2) is 0 Å². The first-order chi connectivity index (χ1) is 14.0. The minimum absolute atomic E-state index is 0.0414. The largest absolute Gasteiger partial charge is 0.255 e. The van der Waals surface area contributed by atoms with E-state index in [4.69, 9.17) is 0 Å². The minimum Gasteiger partial charge on any atom is -0.255 e. The predicted octanol–water partition coefficient (Wildman–Crippen LogP) is 6.87. The topological polar surface area (TPSA) is 38.7 Å². The van der Waals surface area contributed by atoms with Gasteiger partial charge in [-0.3, -0.25) is 4.98 Å². The van der Waals surface area contributed by atoms with Gasteiger partial charge in [-0.1, -0.05) is 45.0 Å². The molecule has 0 N–H and O–H groups in total. The van der Waals surface area contributed by atoms with E-state index in [1.165, 1.54) is 16.3 Å². The molecular weight excluding hydrogens is 374 g/mol. The van der Waals surface area contributed by atoms with Crippen molar-refractivity contribution in [3.05, 3.63) is 78.1 Å². The van der Waals surface area contributed by atoms with E-state index in [-0.39, 0.29) is 5.41 Å². The Balaban J connectivity index is 1.70. The van der Waals surface area contributed by atoms with E-state index in [1.54, 1.807) is 17.7 Å². The average molecular weight is 396 g/mol. The van der Waals surface area contributed by atoms with Crippen molar-refractivity contribution in [2.24, 2.45) is 0 Å². The van der Waals surface area contributed by atoms with Crippen molar-refractivity contribution in [3.63, 3.8) is 0 Å². The molecule has 0 atom stereocenters. The third-order valence-corrected chi connectivity index (χ3v) is 6.19. The summed E-state index contributed by atoms with van der Waals surface area (Å²) in [6, 6.07) is 19.3. The highest BCUT2D eigenvalue weighted by Crippen LogP contribution is 2.36. The summed E-state index contributed by atoms with van der Waals surface area (Å²) >= 11 is 1.70. The lowest BCUT2D eigenvalue weighted by atomic mass is 9.82. The number of fused-ring (bicyclic) bond motifs is 2. The van der Waals surface area contributed by atoms with Gasteiger partial charge < -0.3 is 0 Å². The molecule has 3 aromatic heterocycles. The van der Waals surface area contributed by atoms with Gasteiger partial charge >= 0.3 is 0 Å². The number of rotatable bonds is 2. The number of nitrogens with zero attached hydrogens (tertiary/aromatic N) is 3. The molecular formula is C25H21N3S. The molecule has 0 saturated carbocycles. The first-order valence-corrected chi connectivity index (χ1v) is 10.6. The molecule has 142 valence electrons. The molecule has 0 radical (unpaired) electrons. The molecule has 0 bridgehead atoms. The monoisotopic (exact) mass is 395 g/mol. The van der Waals surface area contributed by atoms with Crippen LogP contribution >= 0.6 is 11.3 Å². The van der Waals surface area contributed by atoms with Crippen LogP contribution in [-0.2, 0) is 5.41 Å². The van der Waals surface area contributed by atoms with E-state index in [1.807, 2.05) is 18.3 Å². The molecule has 5 aromatic rings. The minimum atomic E-state index is 0.0414. The third kappa shape index (κ3) is 3.19. The SMILES string of the molecule is CC(C)(C)c1cc(-c2cc(-c3ccnc4ccsc34)ncn2)cc2ccccc12. The lowest BCUT2D eigenvalue weighted by Gasteiger charge is -2.22. The smallest absolute Gasteiger partial charge is 0.116 e. The molecule has 5 rings (SSSR count). The number of hydrogen-bond acceptors (Lipinski definition) is 4. The van der Waals surface area contributed by atoms with Crippen LogP contribution in [0.15, 0.2) is 72.5 Å². The lowest BCUT2D eigenvalue weighted by molar-refractivity contribution is 0.596. The van der Waals surface area contributed by atoms with E-state index < -0.39 is 0 Å². The highest BCUT2D eigenvalue weighted by molar-refractivity contribution is 7.17. The molecule has 0 aliphatic rings. The van der Waals surface area contributed by atoms with Crippen molar-refractivity contribution in [3.8, 4) is 22.5 Å². The maximum atomic E-state index is 4.61. The molecule has 0 fully saturated rings. The summed E-state index contributed by atoms with van der Waals surface area (Å²) in [5, 5.41) is 4.61. The summed E-state index contributed by atoms with van der Waals surface area (Å²) in [5.41, 5.74) is 6.46. The Morgan fingerprint density at radius 1 is 0.828 bits per heavy atom. The van der Waals surface area contributed by atoms with Crippen LogP contribution in [0.4, 0.5) is 0 Å². The van der Waals surface area contributed by atoms with E-state index in [0.717, 1.165) is 32.7 Å². The molecule has 0 aliphatic heterocycles. The van der Waals surface area contributed by atoms with E-state index in [0.29, 0.717) is 0 Å². The van der Waals surface area contributed by atoms with Crippen LogP contribution in [-0.4, -0.2) is 15.0 Å². The predicted molar refractivity (Wildman–Crippen MR) is 122 cm³/mol. The van der Waals surface area contributed by atoms with Gasteiger partial charge in [0.25, 0.3) is 0 Å². The van der Waals surface area contributed by atoms with Gasteiger partial charge in [0, 0.05) is 17.3 Å². The second kappa shape index (κ2) is 6.75. The molecule has 29 heavy (non-hydrogen) atoms. The maximum absolute atomic E-state index is 4.61. The molecule has 3 nitrogen and oxygen atoms in total. The summed E-state index contributed by atoms with van der Waals surface area (Å²) < 4.78 is 1.16. The average Bonchev–Trinajstić information content (AvgIpc) is 3.21. The van der Waals surface area contributed by atoms with Crippen LogP contribution in [0, 0.1) is 0 Å². The van der Waals surface area contributed by atoms with E-state index in [9.17, 15) is 0 Å². The Kier molecular flexibility index (Phi) is 4.18. The molecule has 3 heterocycles. The van der Waals surface area contributed by atoms with E-state index in [2.05, 4.69) is 83.6 Å². The van der Waals surface area contributed by atoms with Crippen LogP contribution in [0.25, 0.3) is 43.5 Å². The fourth-order valence-corrected chi connectivity index (χ4v) is 4.69. The first kappa shape index (κ1) is 18.0. The van der Waals surface area contributed by atoms with Crippen molar-refractivity contribution in [1.29, 1.82) is 0 Å². The van der Waals surface area contributed by atoms with Crippen LogP contribution in [0.5, 0.6) is 0 Å². The fraction of sp³-hybridized carbons (Fsp3) is 0.160. The Morgan fingerprint density at radius 3 is 2.52 bits per heavy atom. The highest BCUT2D eigenvalue weighted by Gasteiger charge is 2.19. The molecule has 0 unspecified atom stereocenters. The zero-order valence-corrected chi connectivity index (χ0v) is 17.5. The summed E-state index contributed by atoms with van der Waals surface area (Å²) in [7, 11) is 0. The van der Waals surface area contributed by atoms with Crippen LogP contribution in [0.1, 0.15) is 26.3 Å². The second-order valence-corrected chi connectivity index (χ2v) is 9.19. The van der Waals surface area contributed by atoms with Gasteiger partial charge in [0.05, 0.1) is 21.6 Å². The van der Waals surface area contributed by atoms with Crippen LogP contribution < -0.4 is 0 Å². The Morgan fingerprint density at radius 2 is 1.66 bits per heavy atom. The molecule has 0 spiro atoms. The first-order valence-electron chi connectivity index (χ1n) is 9.69. The van der Waals surface area contributed by atoms with Gasteiger partial charge in [-0.15, -0.1) is 11.3 Å². The number of benzene rings is 2. The number of hydrogen-bond donors (Lipinski definition) is 0. The van der Waals surface area contributed by atoms with Crippen LogP contribution in [0.2, 0.25) is 0 Å². The Hall–Kier alpha value is -3.11. The normalized spacial score (nSPS) is 12.0. The summed E-state index contributed by atoms with van der Waals surface area (Å²) in [4.78, 5) is 13.6. The Bertz CT molecular complexity index is 1350. The quantitative estimate of drug-likeness (QED) is 0.327. The van der Waals surface area contributed by atoms with Gasteiger partial charge in [-0.05, 0) is 57.5 Å². The summed E-state index contributed by atoms with van der Waals surface area (Å²) in [6.45, 7) is 6.78. The lowest BCUT2D eigenvalue weighted by Crippen LogP contribution is -2.12. The molecule has 0 amide bonds. The molecule has 0 saturated heterocycles. The van der Waals surface area contributed by atoms with Crippen molar-refractivity contribution < 1.29 is 0 Å². The maximum Gasteiger partial charge on any atom is 0.116 e.